The van der Waals surface area contributed by atoms with Crippen molar-refractivity contribution in [1.82, 2.24) is 0 Å². The molecule has 24 heavy (non-hydrogen) atoms. The molecule has 7 atom stereocenters. The summed E-state index contributed by atoms with van der Waals surface area (Å²) in [4.78, 5) is 24.0. The zero-order valence-corrected chi connectivity index (χ0v) is 15.2. The maximum atomic E-state index is 12.2. The molecular formula is C21H30O3. The second kappa shape index (κ2) is 5.27. The fraction of sp³-hybridized carbons (Fsp3) is 0.810. The summed E-state index contributed by atoms with van der Waals surface area (Å²) in [5, 5.41) is 11.2. The van der Waals surface area contributed by atoms with Crippen LogP contribution in [-0.4, -0.2) is 22.8 Å². The molecule has 0 spiro atoms. The Morgan fingerprint density at radius 3 is 2.67 bits per heavy atom. The molecule has 0 amide bonds. The first kappa shape index (κ1) is 16.5. The Kier molecular flexibility index (Phi) is 3.62. The number of hydrogen-bond donors (Lipinski definition) is 1. The predicted molar refractivity (Wildman–Crippen MR) is 92.3 cm³/mol. The predicted octanol–water partition coefficient (Wildman–Crippen LogP) is 3.69. The first-order valence-corrected chi connectivity index (χ1v) is 9.70. The Bertz CT molecular complexity index is 621. The van der Waals surface area contributed by atoms with Crippen molar-refractivity contribution in [2.24, 2.45) is 34.5 Å². The highest BCUT2D eigenvalue weighted by molar-refractivity contribution is 5.91. The molecular weight excluding hydrogens is 300 g/mol. The Morgan fingerprint density at radius 1 is 1.21 bits per heavy atom. The zero-order valence-electron chi connectivity index (χ0n) is 15.2. The van der Waals surface area contributed by atoms with Crippen LogP contribution in [0.15, 0.2) is 11.6 Å². The highest BCUT2D eigenvalue weighted by Gasteiger charge is 2.62. The fourth-order valence-corrected chi connectivity index (χ4v) is 7.35. The standard InChI is InChI=1S/C21H30O3/c1-12(22)16-6-7-17-15-5-4-13-10-14(23)8-9-20(13,2)19(15)18(24)11-21(16,17)3/h10,15-19,24H,4-9,11H2,1-3H3/t15-,16+,17+,18+,19+,20-,21-/m0/s1. The number of aliphatic hydroxyl groups is 1. The zero-order chi connectivity index (χ0) is 17.3. The summed E-state index contributed by atoms with van der Waals surface area (Å²) in [5.41, 5.74) is 1.23. The van der Waals surface area contributed by atoms with Gasteiger partial charge in [0.15, 0.2) is 5.78 Å². The van der Waals surface area contributed by atoms with Gasteiger partial charge in [0.05, 0.1) is 6.10 Å². The van der Waals surface area contributed by atoms with Crippen LogP contribution in [0, 0.1) is 34.5 Å². The summed E-state index contributed by atoms with van der Waals surface area (Å²) in [5.74, 6) is 1.99. The quantitative estimate of drug-likeness (QED) is 0.797. The van der Waals surface area contributed by atoms with Gasteiger partial charge < -0.3 is 5.11 Å². The lowest BCUT2D eigenvalue weighted by atomic mass is 9.46. The van der Waals surface area contributed by atoms with Crippen molar-refractivity contribution in [2.75, 3.05) is 0 Å². The highest BCUT2D eigenvalue weighted by atomic mass is 16.3. The molecule has 0 aromatic carbocycles. The molecule has 0 unspecified atom stereocenters. The third kappa shape index (κ3) is 2.06. The molecule has 0 aromatic heterocycles. The van der Waals surface area contributed by atoms with Crippen LogP contribution in [0.1, 0.15) is 65.7 Å². The average Bonchev–Trinajstić information content (AvgIpc) is 2.84. The van der Waals surface area contributed by atoms with Gasteiger partial charge in [0.1, 0.15) is 5.78 Å². The van der Waals surface area contributed by atoms with Crippen molar-refractivity contribution < 1.29 is 14.7 Å². The largest absolute Gasteiger partial charge is 0.393 e. The van der Waals surface area contributed by atoms with E-state index in [1.807, 2.05) is 6.08 Å². The number of allylic oxidation sites excluding steroid dienone is 1. The Morgan fingerprint density at radius 2 is 1.96 bits per heavy atom. The number of rotatable bonds is 1. The summed E-state index contributed by atoms with van der Waals surface area (Å²) in [6.45, 7) is 6.27. The number of aliphatic hydroxyl groups excluding tert-OH is 1. The van der Waals surface area contributed by atoms with Gasteiger partial charge in [0, 0.05) is 12.3 Å². The van der Waals surface area contributed by atoms with Crippen LogP contribution in [0.25, 0.3) is 0 Å². The second-order valence-electron chi connectivity index (χ2n) is 9.41. The van der Waals surface area contributed by atoms with Crippen molar-refractivity contribution in [2.45, 2.75) is 71.8 Å². The first-order valence-electron chi connectivity index (χ1n) is 9.70. The third-order valence-corrected chi connectivity index (χ3v) is 8.38. The third-order valence-electron chi connectivity index (χ3n) is 8.38. The average molecular weight is 330 g/mol. The van der Waals surface area contributed by atoms with Crippen molar-refractivity contribution in [1.29, 1.82) is 0 Å². The maximum Gasteiger partial charge on any atom is 0.155 e. The minimum atomic E-state index is -0.349. The topological polar surface area (TPSA) is 54.4 Å². The van der Waals surface area contributed by atoms with E-state index in [2.05, 4.69) is 13.8 Å². The Balaban J connectivity index is 1.72. The minimum absolute atomic E-state index is 0.0219. The van der Waals surface area contributed by atoms with Crippen LogP contribution >= 0.6 is 0 Å². The molecule has 0 aliphatic heterocycles. The number of hydrogen-bond acceptors (Lipinski definition) is 3. The van der Waals surface area contributed by atoms with Crippen LogP contribution in [-0.2, 0) is 9.59 Å². The molecule has 0 saturated heterocycles. The number of carbonyl (C=O) groups is 2. The number of fused-ring (bicyclic) bond motifs is 5. The van der Waals surface area contributed by atoms with Crippen LogP contribution in [0.2, 0.25) is 0 Å². The maximum absolute atomic E-state index is 12.2. The molecule has 0 aromatic rings. The second-order valence-corrected chi connectivity index (χ2v) is 9.41. The molecule has 3 nitrogen and oxygen atoms in total. The van der Waals surface area contributed by atoms with E-state index in [1.54, 1.807) is 6.92 Å². The molecule has 3 fully saturated rings. The van der Waals surface area contributed by atoms with Gasteiger partial charge in [-0.05, 0) is 80.1 Å². The van der Waals surface area contributed by atoms with E-state index in [-0.39, 0.29) is 34.6 Å². The molecule has 3 saturated carbocycles. The summed E-state index contributed by atoms with van der Waals surface area (Å²) in [6.07, 6.45) is 7.97. The lowest BCUT2D eigenvalue weighted by molar-refractivity contribution is -0.143. The van der Waals surface area contributed by atoms with E-state index in [0.717, 1.165) is 38.5 Å². The van der Waals surface area contributed by atoms with Gasteiger partial charge >= 0.3 is 0 Å². The van der Waals surface area contributed by atoms with Gasteiger partial charge in [0.2, 0.25) is 0 Å². The van der Waals surface area contributed by atoms with E-state index in [0.29, 0.717) is 24.0 Å². The van der Waals surface area contributed by atoms with E-state index >= 15 is 0 Å². The highest BCUT2D eigenvalue weighted by Crippen LogP contribution is 2.66. The van der Waals surface area contributed by atoms with Gasteiger partial charge in [-0.1, -0.05) is 19.4 Å². The van der Waals surface area contributed by atoms with E-state index in [4.69, 9.17) is 0 Å². The summed E-state index contributed by atoms with van der Waals surface area (Å²) < 4.78 is 0. The molecule has 4 aliphatic rings. The van der Waals surface area contributed by atoms with Crippen LogP contribution in [0.4, 0.5) is 0 Å². The van der Waals surface area contributed by atoms with Gasteiger partial charge in [-0.15, -0.1) is 0 Å². The lowest BCUT2D eigenvalue weighted by Crippen LogP contribution is -2.56. The van der Waals surface area contributed by atoms with Crippen molar-refractivity contribution >= 4 is 11.6 Å². The lowest BCUT2D eigenvalue weighted by Gasteiger charge is -2.59. The van der Waals surface area contributed by atoms with E-state index in [9.17, 15) is 14.7 Å². The SMILES string of the molecule is CC(=O)[C@H]1CC[C@@H]2[C@@H]3CCC4=CC(=O)CC[C@]4(C)[C@H]3[C@H](O)C[C@@]12C. The van der Waals surface area contributed by atoms with Crippen LogP contribution in [0.5, 0.6) is 0 Å². The first-order chi connectivity index (χ1) is 11.3. The molecule has 1 N–H and O–H groups in total. The molecule has 0 heterocycles. The number of Topliss-reactive ketones (excluding diaryl/α,β-unsaturated/α-hetero) is 1. The van der Waals surface area contributed by atoms with Crippen LogP contribution in [0.3, 0.4) is 0 Å². The monoisotopic (exact) mass is 330 g/mol. The molecule has 132 valence electrons. The minimum Gasteiger partial charge on any atom is -0.393 e. The van der Waals surface area contributed by atoms with Crippen molar-refractivity contribution in [3.05, 3.63) is 11.6 Å². The Labute approximate surface area is 144 Å². The van der Waals surface area contributed by atoms with Crippen molar-refractivity contribution in [3.8, 4) is 0 Å². The van der Waals surface area contributed by atoms with Gasteiger partial charge in [-0.2, -0.15) is 0 Å². The fourth-order valence-electron chi connectivity index (χ4n) is 7.35. The number of carbonyl (C=O) groups excluding carboxylic acids is 2. The van der Waals surface area contributed by atoms with Gasteiger partial charge in [-0.25, -0.2) is 0 Å². The van der Waals surface area contributed by atoms with E-state index < -0.39 is 0 Å². The van der Waals surface area contributed by atoms with Gasteiger partial charge in [-0.3, -0.25) is 9.59 Å². The summed E-state index contributed by atoms with van der Waals surface area (Å²) in [7, 11) is 0. The van der Waals surface area contributed by atoms with Gasteiger partial charge in [0.25, 0.3) is 0 Å². The molecule has 0 radical (unpaired) electrons. The summed E-state index contributed by atoms with van der Waals surface area (Å²) >= 11 is 0. The Hall–Kier alpha value is -0.960. The van der Waals surface area contributed by atoms with Crippen molar-refractivity contribution in [3.63, 3.8) is 0 Å². The van der Waals surface area contributed by atoms with E-state index in [1.165, 1.54) is 5.57 Å². The molecule has 0 bridgehead atoms. The summed E-state index contributed by atoms with van der Waals surface area (Å²) in [6, 6.07) is 0. The molecule has 4 aliphatic carbocycles. The number of ketones is 2. The smallest absolute Gasteiger partial charge is 0.155 e. The molecule has 4 rings (SSSR count). The molecule has 3 heteroatoms. The van der Waals surface area contributed by atoms with Crippen LogP contribution < -0.4 is 0 Å². The normalized spacial score (nSPS) is 50.6.